The van der Waals surface area contributed by atoms with Crippen LogP contribution in [-0.4, -0.2) is 29.5 Å². The second-order valence-corrected chi connectivity index (χ2v) is 6.50. The van der Waals surface area contributed by atoms with Crippen molar-refractivity contribution in [2.45, 2.75) is 26.7 Å². The first-order chi connectivity index (χ1) is 9.60. The second kappa shape index (κ2) is 6.92. The molecule has 0 aliphatic heterocycles. The minimum absolute atomic E-state index is 0.0124. The molecule has 2 N–H and O–H groups in total. The highest BCUT2D eigenvalue weighted by molar-refractivity contribution is 7.16. The fraction of sp³-hybridized carbons (Fsp3) is 0.462. The summed E-state index contributed by atoms with van der Waals surface area (Å²) in [5.74, 6) is 0.0124. The van der Waals surface area contributed by atoms with Gasteiger partial charge in [0.1, 0.15) is 0 Å². The minimum Gasteiger partial charge on any atom is -0.320 e. The molecule has 0 saturated heterocycles. The van der Waals surface area contributed by atoms with E-state index in [4.69, 9.17) is 0 Å². The van der Waals surface area contributed by atoms with Crippen molar-refractivity contribution in [3.63, 3.8) is 0 Å². The highest BCUT2D eigenvalue weighted by Crippen LogP contribution is 2.31. The lowest BCUT2D eigenvalue weighted by Crippen LogP contribution is -2.15. The largest absolute Gasteiger partial charge is 0.320 e. The molecule has 0 bridgehead atoms. The molecular formula is C13H18N4OS2. The average molecular weight is 310 g/mol. The Morgan fingerprint density at radius 1 is 1.35 bits per heavy atom. The molecule has 20 heavy (non-hydrogen) atoms. The summed E-state index contributed by atoms with van der Waals surface area (Å²) in [5.41, 5.74) is 1.88. The minimum atomic E-state index is 0.0124. The fourth-order valence-corrected chi connectivity index (χ4v) is 3.48. The molecule has 0 saturated carbocycles. The molecule has 2 aromatic rings. The predicted molar refractivity (Wildman–Crippen MR) is 84.5 cm³/mol. The predicted octanol–water partition coefficient (Wildman–Crippen LogP) is 2.82. The maximum Gasteiger partial charge on any atom is 0.226 e. The van der Waals surface area contributed by atoms with Gasteiger partial charge in [0, 0.05) is 11.8 Å². The fourth-order valence-electron chi connectivity index (χ4n) is 1.81. The van der Waals surface area contributed by atoms with Crippen LogP contribution < -0.4 is 10.6 Å². The third-order valence-corrected chi connectivity index (χ3v) is 4.57. The molecule has 0 atom stereocenters. The topological polar surface area (TPSA) is 66.9 Å². The molecular weight excluding hydrogens is 292 g/mol. The third-order valence-electron chi connectivity index (χ3n) is 2.72. The van der Waals surface area contributed by atoms with E-state index in [-0.39, 0.29) is 5.91 Å². The van der Waals surface area contributed by atoms with Gasteiger partial charge in [-0.1, -0.05) is 0 Å². The Hall–Kier alpha value is -1.31. The van der Waals surface area contributed by atoms with Crippen molar-refractivity contribution in [1.82, 2.24) is 15.3 Å². The van der Waals surface area contributed by atoms with Gasteiger partial charge >= 0.3 is 0 Å². The number of rotatable bonds is 6. The lowest BCUT2D eigenvalue weighted by atomic mass is 10.3. The van der Waals surface area contributed by atoms with Gasteiger partial charge in [-0.25, -0.2) is 9.97 Å². The summed E-state index contributed by atoms with van der Waals surface area (Å²) in [6.07, 6.45) is 1.34. The van der Waals surface area contributed by atoms with Crippen molar-refractivity contribution >= 4 is 33.7 Å². The average Bonchev–Trinajstić information content (AvgIpc) is 2.96. The van der Waals surface area contributed by atoms with Crippen LogP contribution in [0.3, 0.4) is 0 Å². The molecule has 5 nitrogen and oxygen atoms in total. The van der Waals surface area contributed by atoms with Crippen LogP contribution in [0.4, 0.5) is 5.13 Å². The zero-order valence-electron chi connectivity index (χ0n) is 11.8. The molecule has 2 rings (SSSR count). The summed E-state index contributed by atoms with van der Waals surface area (Å²) in [4.78, 5) is 21.7. The number of aromatic nitrogens is 2. The van der Waals surface area contributed by atoms with E-state index in [1.165, 1.54) is 11.3 Å². The Morgan fingerprint density at radius 3 is 2.80 bits per heavy atom. The first-order valence-corrected chi connectivity index (χ1v) is 8.14. The van der Waals surface area contributed by atoms with E-state index in [0.29, 0.717) is 11.6 Å². The number of aryl methyl sites for hydroxylation is 2. The molecule has 0 aliphatic carbocycles. The van der Waals surface area contributed by atoms with Crippen molar-refractivity contribution in [3.05, 3.63) is 16.1 Å². The van der Waals surface area contributed by atoms with Gasteiger partial charge in [0.2, 0.25) is 5.91 Å². The lowest BCUT2D eigenvalue weighted by Gasteiger charge is -2.01. The molecule has 0 aliphatic rings. The molecule has 1 amide bonds. The van der Waals surface area contributed by atoms with Crippen LogP contribution in [0.25, 0.3) is 10.6 Å². The van der Waals surface area contributed by atoms with Gasteiger partial charge in [0.05, 0.1) is 21.3 Å². The number of carbonyl (C=O) groups is 1. The van der Waals surface area contributed by atoms with Crippen LogP contribution in [0.15, 0.2) is 5.38 Å². The Bertz CT molecular complexity index is 591. The first-order valence-electron chi connectivity index (χ1n) is 6.44. The molecule has 2 heterocycles. The molecule has 0 unspecified atom stereocenters. The van der Waals surface area contributed by atoms with E-state index >= 15 is 0 Å². The van der Waals surface area contributed by atoms with Crippen LogP contribution >= 0.6 is 22.7 Å². The second-order valence-electron chi connectivity index (χ2n) is 4.44. The van der Waals surface area contributed by atoms with E-state index < -0.39 is 0 Å². The number of hydrogen-bond donors (Lipinski definition) is 2. The van der Waals surface area contributed by atoms with Gasteiger partial charge < -0.3 is 10.6 Å². The zero-order chi connectivity index (χ0) is 14.5. The molecule has 0 radical (unpaired) electrons. The van der Waals surface area contributed by atoms with Crippen LogP contribution in [0.5, 0.6) is 0 Å². The van der Waals surface area contributed by atoms with Crippen LogP contribution in [0.2, 0.25) is 0 Å². The number of anilines is 1. The van der Waals surface area contributed by atoms with E-state index in [1.54, 1.807) is 11.3 Å². The molecule has 0 aromatic carbocycles. The van der Waals surface area contributed by atoms with Crippen LogP contribution in [-0.2, 0) is 4.79 Å². The van der Waals surface area contributed by atoms with Crippen molar-refractivity contribution in [2.75, 3.05) is 18.9 Å². The van der Waals surface area contributed by atoms with Gasteiger partial charge in [-0.05, 0) is 33.9 Å². The molecule has 108 valence electrons. The third kappa shape index (κ3) is 3.84. The normalized spacial score (nSPS) is 10.8. The number of nitrogens with zero attached hydrogens (tertiary/aromatic N) is 2. The van der Waals surface area contributed by atoms with Crippen molar-refractivity contribution in [1.29, 1.82) is 0 Å². The van der Waals surface area contributed by atoms with E-state index in [2.05, 4.69) is 20.6 Å². The van der Waals surface area contributed by atoms with Crippen LogP contribution in [0, 0.1) is 13.8 Å². The Kier molecular flexibility index (Phi) is 5.22. The summed E-state index contributed by atoms with van der Waals surface area (Å²) in [6.45, 7) is 4.81. The van der Waals surface area contributed by atoms with Gasteiger partial charge in [0.15, 0.2) is 5.13 Å². The van der Waals surface area contributed by atoms with Crippen molar-refractivity contribution < 1.29 is 4.79 Å². The van der Waals surface area contributed by atoms with E-state index in [9.17, 15) is 4.79 Å². The molecule has 0 spiro atoms. The van der Waals surface area contributed by atoms with Crippen molar-refractivity contribution in [3.8, 4) is 10.6 Å². The number of nitrogens with one attached hydrogen (secondary N) is 2. The first kappa shape index (κ1) is 15.1. The molecule has 2 aromatic heterocycles. The summed E-state index contributed by atoms with van der Waals surface area (Å²) in [6, 6.07) is 0. The smallest absolute Gasteiger partial charge is 0.226 e. The Labute approximate surface area is 126 Å². The standard InChI is InChI=1S/C13H18N4OS2/c1-8-12(20-9(2)15-8)10-7-19-13(16-10)17-11(18)5-4-6-14-3/h7,14H,4-6H2,1-3H3,(H,16,17,18). The summed E-state index contributed by atoms with van der Waals surface area (Å²) in [5, 5.41) is 9.51. The summed E-state index contributed by atoms with van der Waals surface area (Å²) >= 11 is 3.08. The van der Waals surface area contributed by atoms with Crippen LogP contribution in [0.1, 0.15) is 23.5 Å². The van der Waals surface area contributed by atoms with Gasteiger partial charge in [-0.3, -0.25) is 4.79 Å². The number of thiazole rings is 2. The van der Waals surface area contributed by atoms with Crippen molar-refractivity contribution in [2.24, 2.45) is 0 Å². The van der Waals surface area contributed by atoms with Gasteiger partial charge in [0.25, 0.3) is 0 Å². The van der Waals surface area contributed by atoms with E-state index in [0.717, 1.165) is 34.2 Å². The summed E-state index contributed by atoms with van der Waals surface area (Å²) < 4.78 is 0. The number of amides is 1. The lowest BCUT2D eigenvalue weighted by molar-refractivity contribution is -0.116. The highest BCUT2D eigenvalue weighted by atomic mass is 32.1. The van der Waals surface area contributed by atoms with Gasteiger partial charge in [-0.2, -0.15) is 0 Å². The maximum absolute atomic E-state index is 11.7. The zero-order valence-corrected chi connectivity index (χ0v) is 13.5. The Balaban J connectivity index is 1.99. The monoisotopic (exact) mass is 310 g/mol. The number of hydrogen-bond acceptors (Lipinski definition) is 6. The number of carbonyl (C=O) groups excluding carboxylic acids is 1. The van der Waals surface area contributed by atoms with E-state index in [1.807, 2.05) is 26.3 Å². The SMILES string of the molecule is CNCCCC(=O)Nc1nc(-c2sc(C)nc2C)cs1. The quantitative estimate of drug-likeness (QED) is 0.805. The van der Waals surface area contributed by atoms with Gasteiger partial charge in [-0.15, -0.1) is 22.7 Å². The molecule has 0 fully saturated rings. The summed E-state index contributed by atoms with van der Waals surface area (Å²) in [7, 11) is 1.88. The molecule has 7 heteroatoms. The highest BCUT2D eigenvalue weighted by Gasteiger charge is 2.12. The Morgan fingerprint density at radius 2 is 2.15 bits per heavy atom. The maximum atomic E-state index is 11.7.